The molecule has 1 amide bonds. The molecule has 1 aromatic heterocycles. The van der Waals surface area contributed by atoms with Gasteiger partial charge in [0.2, 0.25) is 0 Å². The molecule has 4 nitrogen and oxygen atoms in total. The third-order valence-corrected chi connectivity index (χ3v) is 5.40. The summed E-state index contributed by atoms with van der Waals surface area (Å²) in [6, 6.07) is 6.11. The lowest BCUT2D eigenvalue weighted by molar-refractivity contribution is 0.0947. The number of carbonyl (C=O) groups excluding carboxylic acids is 1. The fourth-order valence-electron chi connectivity index (χ4n) is 4.09. The number of benzene rings is 1. The van der Waals surface area contributed by atoms with E-state index in [1.54, 1.807) is 0 Å². The highest BCUT2D eigenvalue weighted by Gasteiger charge is 2.20. The highest BCUT2D eigenvalue weighted by molar-refractivity contribution is 5.98. The van der Waals surface area contributed by atoms with E-state index in [0.717, 1.165) is 43.6 Å². The van der Waals surface area contributed by atoms with Crippen molar-refractivity contribution in [2.45, 2.75) is 32.1 Å². The van der Waals surface area contributed by atoms with Crippen LogP contribution >= 0.6 is 0 Å². The van der Waals surface area contributed by atoms with Crippen LogP contribution in [0, 0.1) is 5.92 Å². The average Bonchev–Trinajstić information content (AvgIpc) is 3.15. The van der Waals surface area contributed by atoms with Crippen molar-refractivity contribution in [3.63, 3.8) is 0 Å². The van der Waals surface area contributed by atoms with Gasteiger partial charge in [-0.3, -0.25) is 4.79 Å². The first-order valence-corrected chi connectivity index (χ1v) is 8.81. The van der Waals surface area contributed by atoms with Crippen molar-refractivity contribution in [3.05, 3.63) is 35.0 Å². The van der Waals surface area contributed by atoms with E-state index in [4.69, 9.17) is 0 Å². The van der Waals surface area contributed by atoms with Gasteiger partial charge in [0.05, 0.1) is 0 Å². The maximum Gasteiger partial charge on any atom is 0.251 e. The molecule has 1 aromatic carbocycles. The molecule has 0 radical (unpaired) electrons. The van der Waals surface area contributed by atoms with Gasteiger partial charge in [-0.25, -0.2) is 0 Å². The normalized spacial score (nSPS) is 21.5. The van der Waals surface area contributed by atoms with Crippen molar-refractivity contribution in [3.8, 4) is 0 Å². The Labute approximate surface area is 137 Å². The smallest absolute Gasteiger partial charge is 0.251 e. The van der Waals surface area contributed by atoms with Gasteiger partial charge in [0, 0.05) is 35.2 Å². The largest absolute Gasteiger partial charge is 0.358 e. The second-order valence-electron chi connectivity index (χ2n) is 7.18. The molecule has 1 atom stereocenters. The maximum atomic E-state index is 12.4. The third kappa shape index (κ3) is 2.88. The Hall–Kier alpha value is -1.81. The lowest BCUT2D eigenvalue weighted by Crippen LogP contribution is -2.30. The monoisotopic (exact) mass is 311 g/mol. The molecule has 1 aliphatic heterocycles. The SMILES string of the molecule is CN1CC[C@H](CNC(=O)c2ccc3c4c([nH]c3c2)CCCC4)C1. The highest BCUT2D eigenvalue weighted by Crippen LogP contribution is 2.29. The summed E-state index contributed by atoms with van der Waals surface area (Å²) in [6.07, 6.45) is 6.02. The van der Waals surface area contributed by atoms with Crippen LogP contribution in [0.5, 0.6) is 0 Å². The van der Waals surface area contributed by atoms with Crippen molar-refractivity contribution in [1.29, 1.82) is 0 Å². The van der Waals surface area contributed by atoms with Gasteiger partial charge in [-0.05, 0) is 69.3 Å². The minimum Gasteiger partial charge on any atom is -0.358 e. The van der Waals surface area contributed by atoms with Crippen LogP contribution in [0.1, 0.15) is 40.9 Å². The van der Waals surface area contributed by atoms with E-state index < -0.39 is 0 Å². The average molecular weight is 311 g/mol. The molecule has 23 heavy (non-hydrogen) atoms. The van der Waals surface area contributed by atoms with Crippen molar-refractivity contribution >= 4 is 16.8 Å². The number of carbonyl (C=O) groups is 1. The number of nitrogens with zero attached hydrogens (tertiary/aromatic N) is 1. The Kier molecular flexibility index (Phi) is 3.85. The number of hydrogen-bond donors (Lipinski definition) is 2. The summed E-state index contributed by atoms with van der Waals surface area (Å²) in [5.74, 6) is 0.638. The number of aromatic nitrogens is 1. The Balaban J connectivity index is 1.49. The van der Waals surface area contributed by atoms with Crippen molar-refractivity contribution in [2.75, 3.05) is 26.7 Å². The number of rotatable bonds is 3. The fourth-order valence-corrected chi connectivity index (χ4v) is 4.09. The van der Waals surface area contributed by atoms with Crippen LogP contribution in [-0.4, -0.2) is 42.5 Å². The second kappa shape index (κ2) is 6.00. The van der Waals surface area contributed by atoms with Gasteiger partial charge < -0.3 is 15.2 Å². The summed E-state index contributed by atoms with van der Waals surface area (Å²) < 4.78 is 0. The molecule has 0 bridgehead atoms. The summed E-state index contributed by atoms with van der Waals surface area (Å²) in [5.41, 5.74) is 4.72. The molecule has 1 fully saturated rings. The lowest BCUT2D eigenvalue weighted by atomic mass is 9.95. The van der Waals surface area contributed by atoms with Crippen LogP contribution in [-0.2, 0) is 12.8 Å². The van der Waals surface area contributed by atoms with Crippen LogP contribution in [0.3, 0.4) is 0 Å². The first-order valence-electron chi connectivity index (χ1n) is 8.81. The minimum absolute atomic E-state index is 0.0500. The highest BCUT2D eigenvalue weighted by atomic mass is 16.1. The molecule has 4 heteroatoms. The van der Waals surface area contributed by atoms with Gasteiger partial charge in [-0.15, -0.1) is 0 Å². The van der Waals surface area contributed by atoms with Crippen molar-refractivity contribution < 1.29 is 4.79 Å². The minimum atomic E-state index is 0.0500. The molecule has 1 saturated heterocycles. The van der Waals surface area contributed by atoms with Crippen molar-refractivity contribution in [2.24, 2.45) is 5.92 Å². The molecule has 0 unspecified atom stereocenters. The number of fused-ring (bicyclic) bond motifs is 3. The molecule has 2 aliphatic rings. The lowest BCUT2D eigenvalue weighted by Gasteiger charge is -2.12. The molecule has 2 heterocycles. The van der Waals surface area contributed by atoms with Crippen molar-refractivity contribution in [1.82, 2.24) is 15.2 Å². The van der Waals surface area contributed by atoms with Crippen LogP contribution in [0.25, 0.3) is 10.9 Å². The number of aromatic amines is 1. The van der Waals surface area contributed by atoms with Crippen LogP contribution in [0.4, 0.5) is 0 Å². The van der Waals surface area contributed by atoms with Gasteiger partial charge >= 0.3 is 0 Å². The van der Waals surface area contributed by atoms with E-state index in [1.165, 1.54) is 35.9 Å². The predicted octanol–water partition coefficient (Wildman–Crippen LogP) is 2.73. The Morgan fingerprint density at radius 3 is 3.04 bits per heavy atom. The number of H-pyrrole nitrogens is 1. The Morgan fingerprint density at radius 2 is 2.22 bits per heavy atom. The van der Waals surface area contributed by atoms with Crippen LogP contribution in [0.2, 0.25) is 0 Å². The molecule has 122 valence electrons. The fraction of sp³-hybridized carbons (Fsp3) is 0.526. The molecule has 0 saturated carbocycles. The number of nitrogens with one attached hydrogen (secondary N) is 2. The topological polar surface area (TPSA) is 48.1 Å². The molecular formula is C19H25N3O. The van der Waals surface area contributed by atoms with Gasteiger partial charge in [-0.1, -0.05) is 6.07 Å². The predicted molar refractivity (Wildman–Crippen MR) is 92.9 cm³/mol. The number of aryl methyl sites for hydroxylation is 2. The Morgan fingerprint density at radius 1 is 1.35 bits per heavy atom. The molecule has 2 N–H and O–H groups in total. The van der Waals surface area contributed by atoms with E-state index in [2.05, 4.69) is 28.3 Å². The zero-order chi connectivity index (χ0) is 15.8. The summed E-state index contributed by atoms with van der Waals surface area (Å²) in [7, 11) is 2.14. The molecule has 2 aromatic rings. The van der Waals surface area contributed by atoms with Gasteiger partial charge in [0.15, 0.2) is 0 Å². The van der Waals surface area contributed by atoms with E-state index >= 15 is 0 Å². The van der Waals surface area contributed by atoms with Gasteiger partial charge in [0.25, 0.3) is 5.91 Å². The first kappa shape index (κ1) is 14.8. The number of amides is 1. The number of hydrogen-bond acceptors (Lipinski definition) is 2. The quantitative estimate of drug-likeness (QED) is 0.915. The summed E-state index contributed by atoms with van der Waals surface area (Å²) >= 11 is 0. The molecule has 1 aliphatic carbocycles. The summed E-state index contributed by atoms with van der Waals surface area (Å²) in [5, 5.41) is 4.41. The number of likely N-dealkylation sites (tertiary alicyclic amines) is 1. The van der Waals surface area contributed by atoms with Crippen LogP contribution < -0.4 is 5.32 Å². The zero-order valence-electron chi connectivity index (χ0n) is 13.8. The van der Waals surface area contributed by atoms with Gasteiger partial charge in [0.1, 0.15) is 0 Å². The van der Waals surface area contributed by atoms with Gasteiger partial charge in [-0.2, -0.15) is 0 Å². The maximum absolute atomic E-state index is 12.4. The van der Waals surface area contributed by atoms with E-state index in [9.17, 15) is 4.79 Å². The molecular weight excluding hydrogens is 286 g/mol. The summed E-state index contributed by atoms with van der Waals surface area (Å²) in [6.45, 7) is 3.01. The van der Waals surface area contributed by atoms with E-state index in [1.807, 2.05) is 12.1 Å². The Bertz CT molecular complexity index is 734. The van der Waals surface area contributed by atoms with Crippen LogP contribution in [0.15, 0.2) is 18.2 Å². The molecule has 4 rings (SSSR count). The zero-order valence-corrected chi connectivity index (χ0v) is 13.8. The second-order valence-corrected chi connectivity index (χ2v) is 7.18. The molecule has 0 spiro atoms. The standard InChI is InChI=1S/C19H25N3O/c1-22-9-8-13(12-22)11-20-19(23)14-6-7-16-15-4-2-3-5-17(15)21-18(16)10-14/h6-7,10,13,21H,2-5,8-9,11-12H2,1H3,(H,20,23)/t13-/m1/s1. The summed E-state index contributed by atoms with van der Waals surface area (Å²) in [4.78, 5) is 18.3. The van der Waals surface area contributed by atoms with E-state index in [0.29, 0.717) is 5.92 Å². The van der Waals surface area contributed by atoms with E-state index in [-0.39, 0.29) is 5.91 Å². The first-order chi connectivity index (χ1) is 11.2. The third-order valence-electron chi connectivity index (χ3n) is 5.40.